The first-order valence-electron chi connectivity index (χ1n) is 46.4. The molecule has 638 valence electrons. The summed E-state index contributed by atoms with van der Waals surface area (Å²) in [6.45, 7) is 0. The van der Waals surface area contributed by atoms with Gasteiger partial charge in [0.15, 0.2) is 0 Å². The summed E-state index contributed by atoms with van der Waals surface area (Å²) < 4.78 is 18.7. The fraction of sp³-hybridized carbons (Fsp3) is 0. The van der Waals surface area contributed by atoms with Gasteiger partial charge in [-0.25, -0.2) is 29.9 Å². The number of fused-ring (bicyclic) bond motifs is 40. The quantitative estimate of drug-likeness (QED) is 0.151. The van der Waals surface area contributed by atoms with Crippen LogP contribution in [0.1, 0.15) is 5.56 Å². The zero-order chi connectivity index (χ0) is 90.5. The highest BCUT2D eigenvalue weighted by Crippen LogP contribution is 2.54. The third-order valence-corrected chi connectivity index (χ3v) is 30.5. The van der Waals surface area contributed by atoms with Gasteiger partial charge >= 0.3 is 0 Å². The zero-order valence-corrected chi connectivity index (χ0v) is 75.2. The molecule has 0 bridgehead atoms. The molecule has 0 aliphatic heterocycles. The lowest BCUT2D eigenvalue weighted by molar-refractivity contribution is 0.673. The molecule has 0 amide bonds. The van der Waals surface area contributed by atoms with Gasteiger partial charge in [0.25, 0.3) is 0 Å². The molecular formula is C125H70N10OS2. The van der Waals surface area contributed by atoms with Gasteiger partial charge in [0.2, 0.25) is 17.8 Å². The summed E-state index contributed by atoms with van der Waals surface area (Å²) >= 11 is 3.74. The van der Waals surface area contributed by atoms with Gasteiger partial charge in [0.1, 0.15) is 11.2 Å². The van der Waals surface area contributed by atoms with Crippen LogP contribution in [-0.2, 0) is 0 Å². The number of benzene rings is 22. The Labute approximate surface area is 793 Å². The Morgan fingerprint density at radius 2 is 0.587 bits per heavy atom. The Morgan fingerprint density at radius 1 is 0.225 bits per heavy atom. The molecule has 0 fully saturated rings. The van der Waals surface area contributed by atoms with Crippen molar-refractivity contribution in [1.29, 1.82) is 5.26 Å². The predicted octanol–water partition coefficient (Wildman–Crippen LogP) is 33.8. The van der Waals surface area contributed by atoms with Gasteiger partial charge in [-0.3, -0.25) is 13.7 Å². The second-order valence-electron chi connectivity index (χ2n) is 35.5. The molecular weight excluding hydrogens is 1720 g/mol. The third kappa shape index (κ3) is 11.6. The minimum absolute atomic E-state index is 0.621. The number of aromatic nitrogens is 9. The SMILES string of the molecule is N#Cc1ccc(-c2nc(-n3c4ccccc4c4c5ccc6ccccc6c5c5sc6ccccc6c5c43)nc3ccccc23)cc1.c1ccc(-c2nc(-n3c4ccccc4c4c5c6ccccc6ccc5c5sc6ccccc6c5c43)nc3ccccc23)cc1.c1ccc2cc(-c3nc(-n4c5ccccc5c5c6c7ccccc7ccc6c6oc7ccccc7c6c54)nc4ccccc34)ccc2c1. The van der Waals surface area contributed by atoms with E-state index in [4.69, 9.17) is 34.3 Å². The maximum absolute atomic E-state index is 9.44. The smallest absolute Gasteiger partial charge is 0.235 e. The highest BCUT2D eigenvalue weighted by atomic mass is 32.1. The first kappa shape index (κ1) is 77.4. The number of nitriles is 1. The number of hydrogen-bond donors (Lipinski definition) is 0. The molecule has 0 spiro atoms. The molecule has 11 nitrogen and oxygen atoms in total. The van der Waals surface area contributed by atoms with E-state index in [1.54, 1.807) is 0 Å². The summed E-state index contributed by atoms with van der Waals surface area (Å²) in [7, 11) is 0. The van der Waals surface area contributed by atoms with Gasteiger partial charge < -0.3 is 4.42 Å². The van der Waals surface area contributed by atoms with Crippen LogP contribution in [0.3, 0.4) is 0 Å². The van der Waals surface area contributed by atoms with Gasteiger partial charge in [-0.15, -0.1) is 22.7 Å². The van der Waals surface area contributed by atoms with E-state index in [0.29, 0.717) is 23.4 Å². The van der Waals surface area contributed by atoms with Crippen LogP contribution >= 0.6 is 22.7 Å². The number of para-hydroxylation sites is 7. The minimum Gasteiger partial charge on any atom is -0.455 e. The van der Waals surface area contributed by atoms with Crippen LogP contribution in [-0.4, -0.2) is 43.6 Å². The zero-order valence-electron chi connectivity index (χ0n) is 73.6. The highest BCUT2D eigenvalue weighted by molar-refractivity contribution is 7.27. The number of rotatable bonds is 6. The number of hydrogen-bond acceptors (Lipinski definition) is 10. The van der Waals surface area contributed by atoms with E-state index in [9.17, 15) is 5.26 Å². The molecule has 13 heteroatoms. The summed E-state index contributed by atoms with van der Waals surface area (Å²) in [5.41, 5.74) is 17.4. The Bertz CT molecular complexity index is 10800. The highest BCUT2D eigenvalue weighted by Gasteiger charge is 2.31. The second kappa shape index (κ2) is 30.4. The van der Waals surface area contributed by atoms with Crippen molar-refractivity contribution in [2.75, 3.05) is 0 Å². The molecule has 31 aromatic rings. The van der Waals surface area contributed by atoms with Gasteiger partial charge in [0.05, 0.1) is 83.8 Å². The van der Waals surface area contributed by atoms with Gasteiger partial charge in [-0.05, 0) is 127 Å². The van der Waals surface area contributed by atoms with Crippen LogP contribution < -0.4 is 0 Å². The van der Waals surface area contributed by atoms with Crippen LogP contribution in [0.15, 0.2) is 429 Å². The van der Waals surface area contributed by atoms with Crippen molar-refractivity contribution in [2.24, 2.45) is 0 Å². The number of nitrogens with zero attached hydrogens (tertiary/aromatic N) is 10. The van der Waals surface area contributed by atoms with Crippen molar-refractivity contribution < 1.29 is 4.42 Å². The summed E-state index contributed by atoms with van der Waals surface area (Å²) in [6, 6.07) is 152. The summed E-state index contributed by atoms with van der Waals surface area (Å²) in [6.07, 6.45) is 0. The molecule has 0 unspecified atom stereocenters. The summed E-state index contributed by atoms with van der Waals surface area (Å²) in [5.74, 6) is 1.94. The molecule has 0 aliphatic carbocycles. The monoisotopic (exact) mass is 1790 g/mol. The molecule has 138 heavy (non-hydrogen) atoms. The van der Waals surface area contributed by atoms with Gasteiger partial charge in [-0.2, -0.15) is 5.26 Å². The van der Waals surface area contributed by atoms with Crippen molar-refractivity contribution in [3.05, 3.63) is 430 Å². The second-order valence-corrected chi connectivity index (χ2v) is 37.7. The Kier molecular flexibility index (Phi) is 17.1. The van der Waals surface area contributed by atoms with E-state index in [1.165, 1.54) is 137 Å². The van der Waals surface area contributed by atoms with Crippen molar-refractivity contribution in [1.82, 2.24) is 43.6 Å². The molecule has 0 aliphatic rings. The van der Waals surface area contributed by atoms with Gasteiger partial charge in [-0.1, -0.05) is 346 Å². The van der Waals surface area contributed by atoms with E-state index in [2.05, 4.69) is 402 Å². The lowest BCUT2D eigenvalue weighted by atomic mass is 9.95. The van der Waals surface area contributed by atoms with Gasteiger partial charge in [0, 0.05) is 138 Å². The van der Waals surface area contributed by atoms with Crippen molar-refractivity contribution in [3.63, 3.8) is 0 Å². The molecule has 0 saturated carbocycles. The molecule has 31 rings (SSSR count). The maximum atomic E-state index is 9.44. The van der Waals surface area contributed by atoms with Crippen LogP contribution in [0.2, 0.25) is 0 Å². The number of thiophene rings is 2. The average Bonchev–Trinajstić information content (AvgIpc) is 1.53. The molecule has 9 heterocycles. The average molecular weight is 1790 g/mol. The first-order valence-corrected chi connectivity index (χ1v) is 48.0. The molecule has 0 saturated heterocycles. The van der Waals surface area contributed by atoms with Crippen molar-refractivity contribution in [2.45, 2.75) is 0 Å². The lowest BCUT2D eigenvalue weighted by Crippen LogP contribution is -2.03. The van der Waals surface area contributed by atoms with Crippen LogP contribution in [0.4, 0.5) is 0 Å². The summed E-state index contributed by atoms with van der Waals surface area (Å²) in [5, 5.41) is 44.0. The fourth-order valence-electron chi connectivity index (χ4n) is 22.2. The van der Waals surface area contributed by atoms with Crippen molar-refractivity contribution in [3.8, 4) is 57.7 Å². The molecule has 0 atom stereocenters. The topological polar surface area (TPSA) is 129 Å². The largest absolute Gasteiger partial charge is 0.455 e. The normalized spacial score (nSPS) is 12.1. The number of furan rings is 1. The Morgan fingerprint density at radius 3 is 1.12 bits per heavy atom. The van der Waals surface area contributed by atoms with Crippen LogP contribution in [0.25, 0.3) is 287 Å². The van der Waals surface area contributed by atoms with E-state index in [-0.39, 0.29) is 0 Å². The Hall–Kier alpha value is -18.2. The standard InChI is InChI=1S/C44H25N3O.C41H22N4S.C40H23N3S/c1-2-13-28-25-29(22-21-26(28)11-1)41-31-15-5-8-18-35(31)45-44(46-41)47-36-19-9-6-16-32(36)39-38-30-14-4-3-12-27(30)23-24-34(38)43-40(42(39)47)33-17-7-10-20-37(33)48-43;42-23-24-17-19-26(20-18-24)38-28-11-3-6-14-32(28)43-41(44-38)45-33-15-7-4-12-29(33)35-31-22-21-25-9-1-2-10-27(25)36(31)40-37(39(35)45)30-13-5-8-16-34(30)46-40;1-2-13-25(14-3-1)37-27-16-6-9-19-31(27)41-40(42-37)43-32-20-10-7-17-28(32)35-34-26-15-5-4-12-24(26)22-23-30(34)39-36(38(35)43)29-18-8-11-21-33(29)44-39/h1-25H;1-22H;1-23H. The Balaban J connectivity index is 0.0000000999. The lowest BCUT2D eigenvalue weighted by Gasteiger charge is -2.13. The van der Waals surface area contributed by atoms with E-state index < -0.39 is 0 Å². The van der Waals surface area contributed by atoms with Crippen LogP contribution in [0.5, 0.6) is 0 Å². The van der Waals surface area contributed by atoms with E-state index >= 15 is 0 Å². The predicted molar refractivity (Wildman–Crippen MR) is 578 cm³/mol. The maximum Gasteiger partial charge on any atom is 0.235 e. The molecule has 9 aromatic heterocycles. The summed E-state index contributed by atoms with van der Waals surface area (Å²) in [4.78, 5) is 32.0. The third-order valence-electron chi connectivity index (χ3n) is 28.1. The van der Waals surface area contributed by atoms with Crippen LogP contribution in [0, 0.1) is 11.3 Å². The van der Waals surface area contributed by atoms with E-state index in [0.717, 1.165) is 132 Å². The molecule has 0 N–H and O–H groups in total. The molecule has 0 radical (unpaired) electrons. The van der Waals surface area contributed by atoms with Crippen molar-refractivity contribution >= 4 is 258 Å². The molecule has 22 aromatic carbocycles. The first-order chi connectivity index (χ1) is 68.4. The fourth-order valence-corrected chi connectivity index (χ4v) is 24.7. The minimum atomic E-state index is 0.621. The van der Waals surface area contributed by atoms with E-state index in [1.807, 2.05) is 65.1 Å².